The van der Waals surface area contributed by atoms with Crippen LogP contribution in [0.1, 0.15) is 5.56 Å². The number of rotatable bonds is 4. The minimum atomic E-state index is -0.556. The first-order valence-corrected chi connectivity index (χ1v) is 9.90. The zero-order valence-electron chi connectivity index (χ0n) is 13.0. The third kappa shape index (κ3) is 3.70. The van der Waals surface area contributed by atoms with Crippen molar-refractivity contribution in [3.8, 4) is 0 Å². The highest BCUT2D eigenvalue weighted by Crippen LogP contribution is 2.27. The van der Waals surface area contributed by atoms with Crippen LogP contribution in [-0.2, 0) is 20.9 Å². The van der Waals surface area contributed by atoms with Crippen LogP contribution in [0.25, 0.3) is 0 Å². The molecule has 2 amide bonds. The number of carbonyl (C=O) groups is 3. The molecule has 1 aromatic rings. The van der Waals surface area contributed by atoms with Gasteiger partial charge in [0.1, 0.15) is 18.9 Å². The summed E-state index contributed by atoms with van der Waals surface area (Å²) in [5.41, 5.74) is 0.900. The van der Waals surface area contributed by atoms with E-state index in [1.165, 1.54) is 16.7 Å². The van der Waals surface area contributed by atoms with Crippen LogP contribution < -0.4 is 0 Å². The summed E-state index contributed by atoms with van der Waals surface area (Å²) in [6.07, 6.45) is 0.314. The van der Waals surface area contributed by atoms with Gasteiger partial charge in [-0.1, -0.05) is 30.3 Å². The van der Waals surface area contributed by atoms with Crippen molar-refractivity contribution in [1.29, 1.82) is 0 Å². The Morgan fingerprint density at radius 3 is 2.58 bits per heavy atom. The average molecular weight is 366 g/mol. The number of benzene rings is 1. The standard InChI is InChI=1S/C16H18N2O4S2/c19-6-13-8-23-10-17(13)15(20)14-9-24-11-18(14)16(21)22-7-12-4-2-1-3-5-12/h1-6,13-14H,7-11H2/t13-,14+/m1/s1. The van der Waals surface area contributed by atoms with Crippen LogP contribution in [0.4, 0.5) is 4.79 Å². The van der Waals surface area contributed by atoms with Gasteiger partial charge in [-0.2, -0.15) is 0 Å². The molecule has 128 valence electrons. The molecule has 2 aliphatic heterocycles. The fourth-order valence-electron chi connectivity index (χ4n) is 2.62. The fourth-order valence-corrected chi connectivity index (χ4v) is 4.87. The predicted molar refractivity (Wildman–Crippen MR) is 93.6 cm³/mol. The van der Waals surface area contributed by atoms with Gasteiger partial charge in [0.15, 0.2) is 0 Å². The first-order chi connectivity index (χ1) is 11.7. The summed E-state index contributed by atoms with van der Waals surface area (Å²) in [5.74, 6) is 1.91. The number of ether oxygens (including phenoxy) is 1. The molecule has 0 aliphatic carbocycles. The highest BCUT2D eigenvalue weighted by Gasteiger charge is 2.41. The predicted octanol–water partition coefficient (Wildman–Crippen LogP) is 1.80. The maximum atomic E-state index is 12.7. The molecule has 0 unspecified atom stereocenters. The van der Waals surface area contributed by atoms with Gasteiger partial charge < -0.3 is 14.4 Å². The Balaban J connectivity index is 1.61. The molecule has 0 saturated carbocycles. The molecule has 3 rings (SSSR count). The Kier molecular flexibility index (Phi) is 5.68. The number of carbonyl (C=O) groups excluding carboxylic acids is 3. The zero-order chi connectivity index (χ0) is 16.9. The van der Waals surface area contributed by atoms with Crippen molar-refractivity contribution in [3.05, 3.63) is 35.9 Å². The third-order valence-electron chi connectivity index (χ3n) is 3.97. The first kappa shape index (κ1) is 17.2. The van der Waals surface area contributed by atoms with Crippen LogP contribution >= 0.6 is 23.5 Å². The summed E-state index contributed by atoms with van der Waals surface area (Å²) in [5, 5.41) is 0. The highest BCUT2D eigenvalue weighted by molar-refractivity contribution is 7.99. The Labute approximate surface area is 148 Å². The number of aldehydes is 1. The Hall–Kier alpha value is -1.67. The Morgan fingerprint density at radius 2 is 1.83 bits per heavy atom. The fraction of sp³-hybridized carbons (Fsp3) is 0.438. The van der Waals surface area contributed by atoms with E-state index in [0.29, 0.717) is 23.3 Å². The molecule has 0 aromatic heterocycles. The van der Waals surface area contributed by atoms with Gasteiger partial charge in [0.2, 0.25) is 5.91 Å². The zero-order valence-corrected chi connectivity index (χ0v) is 14.6. The number of amides is 2. The van der Waals surface area contributed by atoms with Gasteiger partial charge >= 0.3 is 6.09 Å². The largest absolute Gasteiger partial charge is 0.445 e. The second-order valence-corrected chi connectivity index (χ2v) is 7.54. The van der Waals surface area contributed by atoms with Crippen LogP contribution in [-0.4, -0.2) is 63.4 Å². The van der Waals surface area contributed by atoms with Crippen LogP contribution in [0, 0.1) is 0 Å². The summed E-state index contributed by atoms with van der Waals surface area (Å²) in [4.78, 5) is 39.2. The topological polar surface area (TPSA) is 66.9 Å². The lowest BCUT2D eigenvalue weighted by Crippen LogP contribution is -2.51. The van der Waals surface area contributed by atoms with E-state index >= 15 is 0 Å². The highest BCUT2D eigenvalue weighted by atomic mass is 32.2. The lowest BCUT2D eigenvalue weighted by atomic mass is 10.2. The van der Waals surface area contributed by atoms with Crippen molar-refractivity contribution in [3.63, 3.8) is 0 Å². The maximum absolute atomic E-state index is 12.7. The van der Waals surface area contributed by atoms with E-state index in [2.05, 4.69) is 0 Å². The van der Waals surface area contributed by atoms with E-state index in [1.54, 1.807) is 16.7 Å². The second kappa shape index (κ2) is 7.94. The summed E-state index contributed by atoms with van der Waals surface area (Å²) in [7, 11) is 0. The molecule has 0 bridgehead atoms. The molecule has 8 heteroatoms. The molecule has 2 atom stereocenters. The molecule has 2 aliphatic rings. The summed E-state index contributed by atoms with van der Waals surface area (Å²) < 4.78 is 5.34. The molecule has 24 heavy (non-hydrogen) atoms. The Morgan fingerprint density at radius 1 is 1.12 bits per heavy atom. The van der Waals surface area contributed by atoms with E-state index in [-0.39, 0.29) is 12.5 Å². The van der Waals surface area contributed by atoms with Crippen molar-refractivity contribution in [1.82, 2.24) is 9.80 Å². The van der Waals surface area contributed by atoms with Gasteiger partial charge in [-0.25, -0.2) is 4.79 Å². The molecule has 0 N–H and O–H groups in total. The number of nitrogens with zero attached hydrogens (tertiary/aromatic N) is 2. The molecular formula is C16H18N2O4S2. The third-order valence-corrected chi connectivity index (χ3v) is 6.02. The van der Waals surface area contributed by atoms with Crippen molar-refractivity contribution < 1.29 is 19.1 Å². The van der Waals surface area contributed by atoms with Gasteiger partial charge in [0.25, 0.3) is 0 Å². The minimum absolute atomic E-state index is 0.168. The van der Waals surface area contributed by atoms with Crippen LogP contribution in [0.3, 0.4) is 0 Å². The average Bonchev–Trinajstić information content (AvgIpc) is 3.28. The van der Waals surface area contributed by atoms with Gasteiger partial charge in [0.05, 0.1) is 17.8 Å². The molecule has 1 aromatic carbocycles. The summed E-state index contributed by atoms with van der Waals surface area (Å²) in [6, 6.07) is 8.47. The SMILES string of the molecule is O=C[C@@H]1CSCN1C(=O)[C@@H]1CSCN1C(=O)OCc1ccccc1. The van der Waals surface area contributed by atoms with E-state index in [0.717, 1.165) is 11.8 Å². The molecule has 2 saturated heterocycles. The van der Waals surface area contributed by atoms with E-state index in [9.17, 15) is 14.4 Å². The molecule has 6 nitrogen and oxygen atoms in total. The van der Waals surface area contributed by atoms with Crippen molar-refractivity contribution in [2.45, 2.75) is 18.7 Å². The first-order valence-electron chi connectivity index (χ1n) is 7.59. The van der Waals surface area contributed by atoms with Crippen molar-refractivity contribution in [2.75, 3.05) is 23.3 Å². The molecule has 2 fully saturated rings. The van der Waals surface area contributed by atoms with Crippen molar-refractivity contribution in [2.24, 2.45) is 0 Å². The Bertz CT molecular complexity index is 613. The molecular weight excluding hydrogens is 348 g/mol. The molecule has 0 radical (unpaired) electrons. The second-order valence-electron chi connectivity index (χ2n) is 5.54. The lowest BCUT2D eigenvalue weighted by molar-refractivity contribution is -0.137. The monoisotopic (exact) mass is 366 g/mol. The number of hydrogen-bond donors (Lipinski definition) is 0. The molecule has 2 heterocycles. The van der Waals surface area contributed by atoms with E-state index in [4.69, 9.17) is 4.74 Å². The van der Waals surface area contributed by atoms with E-state index in [1.807, 2.05) is 30.3 Å². The maximum Gasteiger partial charge on any atom is 0.411 e. The summed E-state index contributed by atoms with van der Waals surface area (Å²) in [6.45, 7) is 0.179. The smallest absolute Gasteiger partial charge is 0.411 e. The normalized spacial score (nSPS) is 23.3. The van der Waals surface area contributed by atoms with Crippen LogP contribution in [0.5, 0.6) is 0 Å². The quantitative estimate of drug-likeness (QED) is 0.757. The van der Waals surface area contributed by atoms with Gasteiger partial charge in [-0.15, -0.1) is 23.5 Å². The van der Waals surface area contributed by atoms with Crippen LogP contribution in [0.15, 0.2) is 30.3 Å². The van der Waals surface area contributed by atoms with E-state index < -0.39 is 18.2 Å². The number of hydrogen-bond acceptors (Lipinski definition) is 6. The number of thioether (sulfide) groups is 2. The van der Waals surface area contributed by atoms with Gasteiger partial charge in [-0.05, 0) is 5.56 Å². The minimum Gasteiger partial charge on any atom is -0.445 e. The van der Waals surface area contributed by atoms with Crippen LogP contribution in [0.2, 0.25) is 0 Å². The lowest BCUT2D eigenvalue weighted by Gasteiger charge is -2.28. The van der Waals surface area contributed by atoms with Crippen molar-refractivity contribution >= 4 is 41.8 Å². The summed E-state index contributed by atoms with van der Waals surface area (Å²) >= 11 is 3.07. The van der Waals surface area contributed by atoms with Gasteiger partial charge in [-0.3, -0.25) is 9.69 Å². The molecule has 0 spiro atoms. The van der Waals surface area contributed by atoms with Gasteiger partial charge in [0, 0.05) is 11.5 Å².